The Morgan fingerprint density at radius 2 is 2.23 bits per heavy atom. The van der Waals surface area contributed by atoms with Gasteiger partial charge in [0.05, 0.1) is 6.20 Å². The molecule has 1 aromatic carbocycles. The maximum absolute atomic E-state index is 12.2. The second-order valence-electron chi connectivity index (χ2n) is 5.39. The van der Waals surface area contributed by atoms with Gasteiger partial charge < -0.3 is 10.2 Å². The summed E-state index contributed by atoms with van der Waals surface area (Å²) in [6, 6.07) is 5.36. The Bertz CT molecular complexity index is 653. The second-order valence-corrected chi connectivity index (χ2v) is 5.80. The van der Waals surface area contributed by atoms with E-state index in [-0.39, 0.29) is 6.03 Å². The molecule has 2 rings (SSSR count). The van der Waals surface area contributed by atoms with E-state index in [2.05, 4.69) is 10.4 Å². The van der Waals surface area contributed by atoms with Crippen LogP contribution in [0.5, 0.6) is 0 Å². The van der Waals surface area contributed by atoms with Gasteiger partial charge in [-0.1, -0.05) is 17.7 Å². The van der Waals surface area contributed by atoms with Gasteiger partial charge in [-0.05, 0) is 43.0 Å². The van der Waals surface area contributed by atoms with Crippen LogP contribution in [0.3, 0.4) is 0 Å². The quantitative estimate of drug-likeness (QED) is 0.917. The van der Waals surface area contributed by atoms with Crippen LogP contribution in [0, 0.1) is 6.92 Å². The Hall–Kier alpha value is -2.01. The minimum atomic E-state index is -0.128. The normalized spacial score (nSPS) is 10.5. The lowest BCUT2D eigenvalue weighted by Gasteiger charge is -2.19. The minimum absolute atomic E-state index is 0.128. The van der Waals surface area contributed by atoms with Crippen molar-refractivity contribution in [3.63, 3.8) is 0 Å². The predicted octanol–water partition coefficient (Wildman–Crippen LogP) is 3.48. The van der Waals surface area contributed by atoms with E-state index >= 15 is 0 Å². The third-order valence-electron chi connectivity index (χ3n) is 3.57. The smallest absolute Gasteiger partial charge is 0.321 e. The largest absolute Gasteiger partial charge is 0.328 e. The van der Waals surface area contributed by atoms with Crippen molar-refractivity contribution in [1.29, 1.82) is 0 Å². The Balaban J connectivity index is 1.83. The molecule has 1 aromatic heterocycles. The number of nitrogens with zero attached hydrogens (tertiary/aromatic N) is 3. The summed E-state index contributed by atoms with van der Waals surface area (Å²) >= 11 is 6.06. The van der Waals surface area contributed by atoms with E-state index < -0.39 is 0 Å². The molecule has 6 heteroatoms. The molecule has 0 atom stereocenters. The summed E-state index contributed by atoms with van der Waals surface area (Å²) in [6.07, 6.45) is 5.65. The number of carbonyl (C=O) groups is 1. The van der Waals surface area contributed by atoms with E-state index in [0.717, 1.165) is 24.1 Å². The molecule has 0 bridgehead atoms. The third kappa shape index (κ3) is 4.24. The van der Waals surface area contributed by atoms with Gasteiger partial charge in [0.15, 0.2) is 0 Å². The molecule has 0 saturated carbocycles. The number of carbonyl (C=O) groups excluding carboxylic acids is 1. The topological polar surface area (TPSA) is 50.2 Å². The Kier molecular flexibility index (Phi) is 5.44. The molecule has 1 N–H and O–H groups in total. The van der Waals surface area contributed by atoms with E-state index in [1.54, 1.807) is 16.6 Å². The molecule has 0 spiro atoms. The van der Waals surface area contributed by atoms with Gasteiger partial charge in [0, 0.05) is 37.5 Å². The average Bonchev–Trinajstić information content (AvgIpc) is 2.89. The number of halogens is 1. The van der Waals surface area contributed by atoms with Crippen LogP contribution >= 0.6 is 11.6 Å². The summed E-state index contributed by atoms with van der Waals surface area (Å²) in [4.78, 5) is 13.9. The lowest BCUT2D eigenvalue weighted by atomic mass is 10.2. The summed E-state index contributed by atoms with van der Waals surface area (Å²) in [7, 11) is 3.69. The number of benzene rings is 1. The highest BCUT2D eigenvalue weighted by Gasteiger charge is 2.11. The maximum Gasteiger partial charge on any atom is 0.321 e. The fraction of sp³-hybridized carbons (Fsp3) is 0.375. The lowest BCUT2D eigenvalue weighted by Crippen LogP contribution is -2.32. The van der Waals surface area contributed by atoms with Crippen LogP contribution in [-0.4, -0.2) is 34.3 Å². The van der Waals surface area contributed by atoms with Crippen LogP contribution < -0.4 is 5.32 Å². The molecule has 0 saturated heterocycles. The van der Waals surface area contributed by atoms with Crippen LogP contribution in [0.25, 0.3) is 0 Å². The fourth-order valence-corrected chi connectivity index (χ4v) is 2.35. The number of hydrogen-bond acceptors (Lipinski definition) is 2. The zero-order chi connectivity index (χ0) is 16.1. The van der Waals surface area contributed by atoms with Gasteiger partial charge in [-0.15, -0.1) is 0 Å². The number of rotatable bonds is 5. The third-order valence-corrected chi connectivity index (χ3v) is 3.98. The van der Waals surface area contributed by atoms with Crippen molar-refractivity contribution in [3.8, 4) is 0 Å². The lowest BCUT2D eigenvalue weighted by molar-refractivity contribution is 0.222. The standard InChI is InChI=1S/C16H21ClN4O/c1-12-14(17)7-4-8-15(12)19-16(22)20(2)9-5-6-13-10-18-21(3)11-13/h4,7-8,10-11H,5-6,9H2,1-3H3,(H,19,22). The second kappa shape index (κ2) is 7.31. The first-order chi connectivity index (χ1) is 10.5. The molecular formula is C16H21ClN4O. The van der Waals surface area contributed by atoms with Gasteiger partial charge in [0.25, 0.3) is 0 Å². The monoisotopic (exact) mass is 320 g/mol. The molecule has 0 unspecified atom stereocenters. The molecule has 0 radical (unpaired) electrons. The fourth-order valence-electron chi connectivity index (χ4n) is 2.18. The van der Waals surface area contributed by atoms with Crippen molar-refractivity contribution < 1.29 is 4.79 Å². The zero-order valence-electron chi connectivity index (χ0n) is 13.1. The van der Waals surface area contributed by atoms with Crippen LogP contribution in [0.2, 0.25) is 5.02 Å². The van der Waals surface area contributed by atoms with E-state index in [9.17, 15) is 4.79 Å². The summed E-state index contributed by atoms with van der Waals surface area (Å²) < 4.78 is 1.79. The first kappa shape index (κ1) is 16.4. The Morgan fingerprint density at radius 1 is 1.45 bits per heavy atom. The number of amides is 2. The van der Waals surface area contributed by atoms with Crippen molar-refractivity contribution in [2.45, 2.75) is 19.8 Å². The van der Waals surface area contributed by atoms with Gasteiger partial charge in [-0.25, -0.2) is 4.79 Å². The molecule has 0 aliphatic carbocycles. The molecule has 2 aromatic rings. The first-order valence-electron chi connectivity index (χ1n) is 7.22. The molecular weight excluding hydrogens is 300 g/mol. The SMILES string of the molecule is Cc1c(Cl)cccc1NC(=O)N(C)CCCc1cnn(C)c1. The molecule has 118 valence electrons. The van der Waals surface area contributed by atoms with Crippen molar-refractivity contribution in [1.82, 2.24) is 14.7 Å². The molecule has 2 amide bonds. The highest BCUT2D eigenvalue weighted by atomic mass is 35.5. The van der Waals surface area contributed by atoms with Crippen LogP contribution in [0.15, 0.2) is 30.6 Å². The maximum atomic E-state index is 12.2. The first-order valence-corrected chi connectivity index (χ1v) is 7.60. The van der Waals surface area contributed by atoms with Crippen LogP contribution in [0.1, 0.15) is 17.5 Å². The summed E-state index contributed by atoms with van der Waals surface area (Å²) in [5.41, 5.74) is 2.81. The number of urea groups is 1. The minimum Gasteiger partial charge on any atom is -0.328 e. The van der Waals surface area contributed by atoms with Gasteiger partial charge in [-0.2, -0.15) is 5.10 Å². The van der Waals surface area contributed by atoms with Gasteiger partial charge >= 0.3 is 6.03 Å². The van der Waals surface area contributed by atoms with E-state index in [1.165, 1.54) is 5.56 Å². The average molecular weight is 321 g/mol. The van der Waals surface area contributed by atoms with E-state index in [1.807, 2.05) is 44.6 Å². The number of anilines is 1. The van der Waals surface area contributed by atoms with Gasteiger partial charge in [-0.3, -0.25) is 4.68 Å². The Morgan fingerprint density at radius 3 is 2.91 bits per heavy atom. The zero-order valence-corrected chi connectivity index (χ0v) is 13.9. The molecule has 0 fully saturated rings. The highest BCUT2D eigenvalue weighted by molar-refractivity contribution is 6.31. The van der Waals surface area contributed by atoms with Crippen molar-refractivity contribution in [2.75, 3.05) is 18.9 Å². The number of aryl methyl sites for hydroxylation is 2. The Labute approximate surface area is 135 Å². The van der Waals surface area contributed by atoms with Crippen molar-refractivity contribution in [2.24, 2.45) is 7.05 Å². The van der Waals surface area contributed by atoms with Crippen molar-refractivity contribution in [3.05, 3.63) is 46.7 Å². The number of hydrogen-bond donors (Lipinski definition) is 1. The predicted molar refractivity (Wildman–Crippen MR) is 89.4 cm³/mol. The molecule has 0 aliphatic heterocycles. The number of nitrogens with one attached hydrogen (secondary N) is 1. The van der Waals surface area contributed by atoms with Crippen LogP contribution in [0.4, 0.5) is 10.5 Å². The molecule has 0 aliphatic rings. The summed E-state index contributed by atoms with van der Waals surface area (Å²) in [5.74, 6) is 0. The van der Waals surface area contributed by atoms with E-state index in [0.29, 0.717) is 11.6 Å². The molecule has 5 nitrogen and oxygen atoms in total. The van der Waals surface area contributed by atoms with E-state index in [4.69, 9.17) is 11.6 Å². The van der Waals surface area contributed by atoms with Gasteiger partial charge in [0.1, 0.15) is 0 Å². The summed E-state index contributed by atoms with van der Waals surface area (Å²) in [5, 5.41) is 7.67. The number of aromatic nitrogens is 2. The summed E-state index contributed by atoms with van der Waals surface area (Å²) in [6.45, 7) is 2.57. The van der Waals surface area contributed by atoms with Crippen LogP contribution in [-0.2, 0) is 13.5 Å². The van der Waals surface area contributed by atoms with Crippen molar-refractivity contribution >= 4 is 23.3 Å². The molecule has 22 heavy (non-hydrogen) atoms. The highest BCUT2D eigenvalue weighted by Crippen LogP contribution is 2.23. The van der Waals surface area contributed by atoms with Gasteiger partial charge in [0.2, 0.25) is 0 Å². The molecule has 1 heterocycles.